The Morgan fingerprint density at radius 1 is 1.00 bits per heavy atom. The summed E-state index contributed by atoms with van der Waals surface area (Å²) in [4.78, 5) is 38.2. The molecule has 1 aliphatic rings. The van der Waals surface area contributed by atoms with Crippen molar-refractivity contribution < 1.29 is 19.5 Å². The standard InChI is InChI=1S/C32H44N2O4S/c1-4-10-25(19-23-12-6-5-7-13-23)33-30(35)21-24-15-16-27(28(20-24)26-14-9-8-11-22(26)2)31(36)34-29(32(37)38)17-18-39-3/h8-9,11,14-16,20,23,25,29H,4-7,10,12-13,17-19,21H2,1-3H3,(H,33,35)(H,34,36)(H,37,38). The first kappa shape index (κ1) is 30.7. The molecule has 2 aromatic rings. The molecule has 0 heterocycles. The van der Waals surface area contributed by atoms with Crippen LogP contribution in [0.1, 0.15) is 86.2 Å². The van der Waals surface area contributed by atoms with E-state index in [1.807, 2.05) is 49.6 Å². The summed E-state index contributed by atoms with van der Waals surface area (Å²) in [6, 6.07) is 12.5. The van der Waals surface area contributed by atoms with Crippen LogP contribution >= 0.6 is 11.8 Å². The summed E-state index contributed by atoms with van der Waals surface area (Å²) in [7, 11) is 0. The maximum absolute atomic E-state index is 13.3. The largest absolute Gasteiger partial charge is 0.480 e. The number of carbonyl (C=O) groups excluding carboxylic acids is 2. The number of hydrogen-bond acceptors (Lipinski definition) is 4. The van der Waals surface area contributed by atoms with Crippen molar-refractivity contribution in [2.24, 2.45) is 5.92 Å². The summed E-state index contributed by atoms with van der Waals surface area (Å²) < 4.78 is 0. The molecule has 1 aliphatic carbocycles. The van der Waals surface area contributed by atoms with Gasteiger partial charge in [-0.15, -0.1) is 0 Å². The number of carboxylic acids is 1. The zero-order valence-electron chi connectivity index (χ0n) is 23.6. The molecule has 3 rings (SSSR count). The summed E-state index contributed by atoms with van der Waals surface area (Å²) in [5.74, 6) is -0.131. The van der Waals surface area contributed by atoms with E-state index in [9.17, 15) is 19.5 Å². The third-order valence-electron chi connectivity index (χ3n) is 7.69. The molecule has 3 N–H and O–H groups in total. The lowest BCUT2D eigenvalue weighted by molar-refractivity contribution is -0.139. The molecule has 0 spiro atoms. The second-order valence-electron chi connectivity index (χ2n) is 10.8. The lowest BCUT2D eigenvalue weighted by Gasteiger charge is -2.27. The minimum Gasteiger partial charge on any atom is -0.480 e. The maximum Gasteiger partial charge on any atom is 0.326 e. The summed E-state index contributed by atoms with van der Waals surface area (Å²) >= 11 is 1.54. The van der Waals surface area contributed by atoms with Crippen molar-refractivity contribution in [3.05, 3.63) is 59.2 Å². The van der Waals surface area contributed by atoms with Crippen LogP contribution in [0, 0.1) is 12.8 Å². The zero-order chi connectivity index (χ0) is 28.2. The van der Waals surface area contributed by atoms with E-state index in [0.29, 0.717) is 29.2 Å². The number of nitrogens with one attached hydrogen (secondary N) is 2. The first-order chi connectivity index (χ1) is 18.8. The third-order valence-corrected chi connectivity index (χ3v) is 8.33. The lowest BCUT2D eigenvalue weighted by Crippen LogP contribution is -2.41. The Morgan fingerprint density at radius 3 is 2.41 bits per heavy atom. The van der Waals surface area contributed by atoms with Gasteiger partial charge in [0.05, 0.1) is 6.42 Å². The highest BCUT2D eigenvalue weighted by Crippen LogP contribution is 2.30. The minimum atomic E-state index is -1.04. The molecule has 6 nitrogen and oxygen atoms in total. The minimum absolute atomic E-state index is 0.000187. The van der Waals surface area contributed by atoms with Crippen molar-refractivity contribution in [2.45, 2.75) is 90.1 Å². The van der Waals surface area contributed by atoms with Crippen LogP contribution in [-0.4, -0.2) is 47.0 Å². The second-order valence-corrected chi connectivity index (χ2v) is 11.8. The van der Waals surface area contributed by atoms with E-state index in [1.54, 1.807) is 17.8 Å². The Morgan fingerprint density at radius 2 is 1.74 bits per heavy atom. The van der Waals surface area contributed by atoms with E-state index >= 15 is 0 Å². The van der Waals surface area contributed by atoms with E-state index in [0.717, 1.165) is 36.0 Å². The highest BCUT2D eigenvalue weighted by molar-refractivity contribution is 7.98. The van der Waals surface area contributed by atoms with Gasteiger partial charge in [0.1, 0.15) is 6.04 Å². The van der Waals surface area contributed by atoms with Gasteiger partial charge >= 0.3 is 5.97 Å². The first-order valence-electron chi connectivity index (χ1n) is 14.3. The molecule has 1 fully saturated rings. The Labute approximate surface area is 237 Å². The molecule has 0 bridgehead atoms. The Kier molecular flexibility index (Phi) is 12.4. The van der Waals surface area contributed by atoms with Gasteiger partial charge in [-0.05, 0) is 78.5 Å². The average molecular weight is 553 g/mol. The van der Waals surface area contributed by atoms with E-state index in [-0.39, 0.29) is 18.4 Å². The van der Waals surface area contributed by atoms with Crippen molar-refractivity contribution in [2.75, 3.05) is 12.0 Å². The predicted molar refractivity (Wildman–Crippen MR) is 160 cm³/mol. The first-order valence-corrected chi connectivity index (χ1v) is 15.7. The number of amides is 2. The fourth-order valence-electron chi connectivity index (χ4n) is 5.61. The van der Waals surface area contributed by atoms with Crippen LogP contribution in [0.5, 0.6) is 0 Å². The summed E-state index contributed by atoms with van der Waals surface area (Å²) in [6.45, 7) is 4.14. The van der Waals surface area contributed by atoms with E-state index < -0.39 is 17.9 Å². The molecule has 39 heavy (non-hydrogen) atoms. The molecule has 0 aromatic heterocycles. The normalized spacial score (nSPS) is 15.4. The highest BCUT2D eigenvalue weighted by atomic mass is 32.2. The molecule has 2 amide bonds. The zero-order valence-corrected chi connectivity index (χ0v) is 24.4. The SMILES string of the molecule is CCCC(CC1CCCCC1)NC(=O)Cc1ccc(C(=O)NC(CCSC)C(=O)O)c(-c2ccccc2C)c1. The number of thioether (sulfide) groups is 1. The quantitative estimate of drug-likeness (QED) is 0.252. The van der Waals surface area contributed by atoms with Crippen LogP contribution < -0.4 is 10.6 Å². The lowest BCUT2D eigenvalue weighted by atomic mass is 9.84. The van der Waals surface area contributed by atoms with Gasteiger partial charge in [-0.2, -0.15) is 11.8 Å². The molecular weight excluding hydrogens is 508 g/mol. The van der Waals surface area contributed by atoms with Gasteiger partial charge in [0.25, 0.3) is 5.91 Å². The predicted octanol–water partition coefficient (Wildman–Crippen LogP) is 6.40. The number of rotatable bonds is 14. The van der Waals surface area contributed by atoms with Crippen molar-refractivity contribution in [1.29, 1.82) is 0 Å². The van der Waals surface area contributed by atoms with Gasteiger partial charge in [0.2, 0.25) is 5.91 Å². The van der Waals surface area contributed by atoms with Gasteiger partial charge in [-0.1, -0.05) is 75.8 Å². The fourth-order valence-corrected chi connectivity index (χ4v) is 6.08. The number of benzene rings is 2. The number of carboxylic acid groups (broad SMARTS) is 1. The van der Waals surface area contributed by atoms with Gasteiger partial charge in [0, 0.05) is 11.6 Å². The third kappa shape index (κ3) is 9.41. The van der Waals surface area contributed by atoms with Crippen molar-refractivity contribution >= 4 is 29.5 Å². The summed E-state index contributed by atoms with van der Waals surface area (Å²) in [6.07, 6.45) is 12.0. The van der Waals surface area contributed by atoms with Gasteiger partial charge in [-0.25, -0.2) is 4.79 Å². The summed E-state index contributed by atoms with van der Waals surface area (Å²) in [5.41, 5.74) is 3.83. The Bertz CT molecular complexity index is 1110. The molecule has 0 radical (unpaired) electrons. The molecule has 1 saturated carbocycles. The Balaban J connectivity index is 1.81. The highest BCUT2D eigenvalue weighted by Gasteiger charge is 2.24. The molecule has 0 saturated heterocycles. The van der Waals surface area contributed by atoms with Crippen molar-refractivity contribution in [1.82, 2.24) is 10.6 Å². The van der Waals surface area contributed by atoms with Crippen molar-refractivity contribution in [3.8, 4) is 11.1 Å². The number of hydrogen-bond donors (Lipinski definition) is 3. The second kappa shape index (κ2) is 15.7. The van der Waals surface area contributed by atoms with E-state index in [1.165, 1.54) is 32.1 Å². The molecule has 0 aliphatic heterocycles. The van der Waals surface area contributed by atoms with Crippen LogP contribution in [0.25, 0.3) is 11.1 Å². The number of aliphatic carboxylic acids is 1. The van der Waals surface area contributed by atoms with Gasteiger partial charge in [0.15, 0.2) is 0 Å². The van der Waals surface area contributed by atoms with Gasteiger partial charge in [-0.3, -0.25) is 9.59 Å². The van der Waals surface area contributed by atoms with E-state index in [2.05, 4.69) is 17.6 Å². The van der Waals surface area contributed by atoms with Gasteiger partial charge < -0.3 is 15.7 Å². The Hall–Kier alpha value is -2.80. The molecule has 2 atom stereocenters. The molecule has 2 aromatic carbocycles. The number of carbonyl (C=O) groups is 3. The van der Waals surface area contributed by atoms with Crippen LogP contribution in [0.3, 0.4) is 0 Å². The van der Waals surface area contributed by atoms with Crippen LogP contribution in [0.4, 0.5) is 0 Å². The van der Waals surface area contributed by atoms with Crippen LogP contribution in [-0.2, 0) is 16.0 Å². The molecular formula is C32H44N2O4S. The van der Waals surface area contributed by atoms with Crippen LogP contribution in [0.2, 0.25) is 0 Å². The number of aryl methyl sites for hydroxylation is 1. The molecule has 2 unspecified atom stereocenters. The monoisotopic (exact) mass is 552 g/mol. The maximum atomic E-state index is 13.3. The van der Waals surface area contributed by atoms with E-state index in [4.69, 9.17) is 0 Å². The fraction of sp³-hybridized carbons (Fsp3) is 0.531. The van der Waals surface area contributed by atoms with Crippen molar-refractivity contribution in [3.63, 3.8) is 0 Å². The van der Waals surface area contributed by atoms with Crippen LogP contribution in [0.15, 0.2) is 42.5 Å². The molecule has 7 heteroatoms. The smallest absolute Gasteiger partial charge is 0.326 e. The topological polar surface area (TPSA) is 95.5 Å². The average Bonchev–Trinajstić information content (AvgIpc) is 2.91. The molecule has 212 valence electrons. The summed E-state index contributed by atoms with van der Waals surface area (Å²) in [5, 5.41) is 15.6.